The van der Waals surface area contributed by atoms with Gasteiger partial charge in [-0.15, -0.1) is 0 Å². The van der Waals surface area contributed by atoms with Gasteiger partial charge in [-0.1, -0.05) is 41.9 Å². The Morgan fingerprint density at radius 2 is 1.73 bits per heavy atom. The number of anilines is 1. The van der Waals surface area contributed by atoms with Crippen molar-refractivity contribution in [3.8, 4) is 16.9 Å². The van der Waals surface area contributed by atoms with Crippen LogP contribution in [0.2, 0.25) is 5.02 Å². The molecule has 3 aromatic carbocycles. The number of rotatable bonds is 8. The van der Waals surface area contributed by atoms with Gasteiger partial charge < -0.3 is 25.8 Å². The summed E-state index contributed by atoms with van der Waals surface area (Å²) in [7, 11) is 1.56. The molecule has 0 saturated heterocycles. The fraction of sp³-hybridized carbons (Fsp3) is 0.103. The van der Waals surface area contributed by atoms with Gasteiger partial charge in [0.2, 0.25) is 5.78 Å². The second kappa shape index (κ2) is 10.2. The van der Waals surface area contributed by atoms with Crippen LogP contribution in [0.25, 0.3) is 22.0 Å². The lowest BCUT2D eigenvalue weighted by Gasteiger charge is -2.10. The molecule has 2 heterocycles. The zero-order chi connectivity index (χ0) is 25.9. The number of aromatic amines is 2. The van der Waals surface area contributed by atoms with Crippen molar-refractivity contribution in [2.45, 2.75) is 6.42 Å². The second-order valence-electron chi connectivity index (χ2n) is 8.59. The van der Waals surface area contributed by atoms with Gasteiger partial charge in [0.1, 0.15) is 11.6 Å². The number of para-hydroxylation sites is 1. The molecule has 0 aliphatic rings. The number of hydrogen-bond donors (Lipinski definition) is 4. The fourth-order valence-electron chi connectivity index (χ4n) is 4.45. The smallest absolute Gasteiger partial charge is 0.255 e. The number of fused-ring (bicyclic) bond motifs is 1. The molecule has 37 heavy (non-hydrogen) atoms. The van der Waals surface area contributed by atoms with Crippen LogP contribution in [0.1, 0.15) is 32.0 Å². The highest BCUT2D eigenvalue weighted by Gasteiger charge is 2.27. The number of nitrogens with one attached hydrogen (secondary N) is 3. The normalized spacial score (nSPS) is 11.0. The lowest BCUT2D eigenvalue weighted by Crippen LogP contribution is -2.26. The predicted molar refractivity (Wildman–Crippen MR) is 146 cm³/mol. The van der Waals surface area contributed by atoms with Crippen LogP contribution >= 0.6 is 11.6 Å². The SMILES string of the molecule is COc1ccc(C(=O)c2[nH]c(N)c(C(=O)NCCc3c[nH]c4ccccc34)c2-c2ccc(Cl)cc2)cc1. The monoisotopic (exact) mass is 512 g/mol. The minimum atomic E-state index is -0.368. The molecule has 2 aromatic heterocycles. The van der Waals surface area contributed by atoms with E-state index in [1.165, 1.54) is 0 Å². The number of aromatic nitrogens is 2. The van der Waals surface area contributed by atoms with Gasteiger partial charge in [0.05, 0.1) is 18.4 Å². The Kier molecular flexibility index (Phi) is 6.70. The third-order valence-corrected chi connectivity index (χ3v) is 6.58. The van der Waals surface area contributed by atoms with Crippen LogP contribution in [0.4, 0.5) is 5.82 Å². The summed E-state index contributed by atoms with van der Waals surface area (Å²) in [5.41, 5.74) is 10.4. The van der Waals surface area contributed by atoms with Crippen molar-refractivity contribution in [3.05, 3.63) is 106 Å². The van der Waals surface area contributed by atoms with E-state index in [9.17, 15) is 9.59 Å². The number of carbonyl (C=O) groups excluding carboxylic acids is 2. The number of carbonyl (C=O) groups is 2. The Balaban J connectivity index is 1.46. The molecule has 1 amide bonds. The van der Waals surface area contributed by atoms with E-state index in [2.05, 4.69) is 15.3 Å². The van der Waals surface area contributed by atoms with Crippen LogP contribution in [0.3, 0.4) is 0 Å². The number of methoxy groups -OCH3 is 1. The van der Waals surface area contributed by atoms with E-state index in [4.69, 9.17) is 22.1 Å². The molecule has 5 aromatic rings. The Hall–Kier alpha value is -4.49. The van der Waals surface area contributed by atoms with Gasteiger partial charge in [-0.25, -0.2) is 0 Å². The van der Waals surface area contributed by atoms with Crippen molar-refractivity contribution in [2.75, 3.05) is 19.4 Å². The van der Waals surface area contributed by atoms with Gasteiger partial charge >= 0.3 is 0 Å². The lowest BCUT2D eigenvalue weighted by atomic mass is 9.96. The van der Waals surface area contributed by atoms with Gasteiger partial charge in [0.15, 0.2) is 0 Å². The molecule has 0 spiro atoms. The highest BCUT2D eigenvalue weighted by molar-refractivity contribution is 6.30. The van der Waals surface area contributed by atoms with Crippen molar-refractivity contribution >= 4 is 40.0 Å². The van der Waals surface area contributed by atoms with Crippen LogP contribution in [0, 0.1) is 0 Å². The Morgan fingerprint density at radius 3 is 2.46 bits per heavy atom. The van der Waals surface area contributed by atoms with Crippen molar-refractivity contribution in [1.82, 2.24) is 15.3 Å². The average molecular weight is 513 g/mol. The first-order chi connectivity index (χ1) is 18.0. The number of ketones is 1. The minimum absolute atomic E-state index is 0.117. The fourth-order valence-corrected chi connectivity index (χ4v) is 4.58. The summed E-state index contributed by atoms with van der Waals surface area (Å²) in [4.78, 5) is 33.1. The number of hydrogen-bond acceptors (Lipinski definition) is 4. The molecule has 0 bridgehead atoms. The quantitative estimate of drug-likeness (QED) is 0.202. The van der Waals surface area contributed by atoms with Crippen molar-refractivity contribution in [3.63, 3.8) is 0 Å². The Morgan fingerprint density at radius 1 is 1.00 bits per heavy atom. The molecule has 0 fully saturated rings. The van der Waals surface area contributed by atoms with Gasteiger partial charge in [0, 0.05) is 39.8 Å². The molecule has 0 aliphatic heterocycles. The summed E-state index contributed by atoms with van der Waals surface area (Å²) in [6, 6.07) is 21.7. The Labute approximate surface area is 218 Å². The number of halogens is 1. The third kappa shape index (κ3) is 4.81. The molecule has 186 valence electrons. The van der Waals surface area contributed by atoms with E-state index in [0.29, 0.717) is 40.4 Å². The van der Waals surface area contributed by atoms with Gasteiger partial charge in [0.25, 0.3) is 5.91 Å². The van der Waals surface area contributed by atoms with E-state index in [0.717, 1.165) is 16.5 Å². The molecular weight excluding hydrogens is 488 g/mol. The maximum atomic E-state index is 13.5. The van der Waals surface area contributed by atoms with Gasteiger partial charge in [-0.2, -0.15) is 0 Å². The predicted octanol–water partition coefficient (Wildman–Crippen LogP) is 5.61. The zero-order valence-corrected chi connectivity index (χ0v) is 20.9. The molecule has 0 saturated carbocycles. The maximum absolute atomic E-state index is 13.5. The summed E-state index contributed by atoms with van der Waals surface area (Å²) in [6.07, 6.45) is 2.58. The summed E-state index contributed by atoms with van der Waals surface area (Å²) in [5.74, 6) is 0.0895. The lowest BCUT2D eigenvalue weighted by molar-refractivity contribution is 0.0955. The molecular formula is C29H25ClN4O3. The van der Waals surface area contributed by atoms with E-state index in [-0.39, 0.29) is 28.8 Å². The first-order valence-corrected chi connectivity index (χ1v) is 12.1. The Bertz CT molecular complexity index is 1580. The molecule has 0 aliphatic carbocycles. The van der Waals surface area contributed by atoms with Crippen LogP contribution in [0.15, 0.2) is 79.0 Å². The van der Waals surface area contributed by atoms with E-state index >= 15 is 0 Å². The standard InChI is InChI=1S/C29H25ClN4O3/c1-37-21-12-8-18(9-13-21)27(35)26-24(17-6-10-20(30)11-7-17)25(28(31)34-26)29(36)32-15-14-19-16-33-23-5-3-2-4-22(19)23/h2-13,16,33-34H,14-15,31H2,1H3,(H,32,36). The second-order valence-corrected chi connectivity index (χ2v) is 9.03. The number of benzene rings is 3. The largest absolute Gasteiger partial charge is 0.497 e. The maximum Gasteiger partial charge on any atom is 0.255 e. The summed E-state index contributed by atoms with van der Waals surface area (Å²) < 4.78 is 5.19. The van der Waals surface area contributed by atoms with Crippen LogP contribution in [-0.2, 0) is 6.42 Å². The highest BCUT2D eigenvalue weighted by atomic mass is 35.5. The minimum Gasteiger partial charge on any atom is -0.497 e. The van der Waals surface area contributed by atoms with E-state index in [1.54, 1.807) is 55.6 Å². The highest BCUT2D eigenvalue weighted by Crippen LogP contribution is 2.34. The van der Waals surface area contributed by atoms with E-state index in [1.807, 2.05) is 30.5 Å². The van der Waals surface area contributed by atoms with E-state index < -0.39 is 0 Å². The number of H-pyrrole nitrogens is 2. The average Bonchev–Trinajstić information content (AvgIpc) is 3.49. The number of ether oxygens (including phenoxy) is 1. The molecule has 0 radical (unpaired) electrons. The molecule has 0 atom stereocenters. The van der Waals surface area contributed by atoms with Crippen molar-refractivity contribution in [1.29, 1.82) is 0 Å². The van der Waals surface area contributed by atoms with Crippen LogP contribution in [0.5, 0.6) is 5.75 Å². The summed E-state index contributed by atoms with van der Waals surface area (Å²) in [6.45, 7) is 0.396. The summed E-state index contributed by atoms with van der Waals surface area (Å²) in [5, 5.41) is 4.62. The molecule has 8 heteroatoms. The first kappa shape index (κ1) is 24.2. The number of amides is 1. The number of nitrogen functional groups attached to an aromatic ring is 1. The van der Waals surface area contributed by atoms with Crippen molar-refractivity contribution in [2.24, 2.45) is 0 Å². The third-order valence-electron chi connectivity index (χ3n) is 6.32. The molecule has 5 N–H and O–H groups in total. The van der Waals surface area contributed by atoms with Crippen LogP contribution in [-0.4, -0.2) is 35.3 Å². The first-order valence-electron chi connectivity index (χ1n) is 11.8. The topological polar surface area (TPSA) is 113 Å². The van der Waals surface area contributed by atoms with Gasteiger partial charge in [-0.3, -0.25) is 9.59 Å². The zero-order valence-electron chi connectivity index (χ0n) is 20.1. The van der Waals surface area contributed by atoms with Crippen LogP contribution < -0.4 is 15.8 Å². The molecule has 5 rings (SSSR count). The van der Waals surface area contributed by atoms with Crippen molar-refractivity contribution < 1.29 is 14.3 Å². The molecule has 0 unspecified atom stereocenters. The number of nitrogens with two attached hydrogens (primary N) is 1. The summed E-state index contributed by atoms with van der Waals surface area (Å²) >= 11 is 6.10. The molecule has 7 nitrogen and oxygen atoms in total. The van der Waals surface area contributed by atoms with Gasteiger partial charge in [-0.05, 0) is 60.0 Å².